The highest BCUT2D eigenvalue weighted by Crippen LogP contribution is 2.63. The lowest BCUT2D eigenvalue weighted by Gasteiger charge is -2.27. The van der Waals surface area contributed by atoms with Crippen molar-refractivity contribution in [3.05, 3.63) is 0 Å². The molecule has 3 nitrogen and oxygen atoms in total. The zero-order valence-corrected chi connectivity index (χ0v) is 14.0. The summed E-state index contributed by atoms with van der Waals surface area (Å²) < 4.78 is 23.5. The molecule has 0 aliphatic heterocycles. The van der Waals surface area contributed by atoms with Crippen LogP contribution in [0, 0.1) is 0 Å². The third-order valence-electron chi connectivity index (χ3n) is 1.35. The Bertz CT molecular complexity index is 222. The van der Waals surface area contributed by atoms with Gasteiger partial charge in [0.05, 0.1) is 12.2 Å². The van der Waals surface area contributed by atoms with E-state index in [0.717, 1.165) is 0 Å². The monoisotopic (exact) mass is 304 g/mol. The van der Waals surface area contributed by atoms with Crippen molar-refractivity contribution >= 4 is 40.9 Å². The molecular weight excluding hydrogens is 283 g/mol. The van der Waals surface area contributed by atoms with Gasteiger partial charge >= 0.3 is 7.60 Å². The summed E-state index contributed by atoms with van der Waals surface area (Å²) in [5.41, 5.74) is 0. The highest BCUT2D eigenvalue weighted by Gasteiger charge is 2.38. The van der Waals surface area contributed by atoms with E-state index in [0.29, 0.717) is 0 Å². The minimum absolute atomic E-state index is 0.0957. The van der Waals surface area contributed by atoms with Gasteiger partial charge in [-0.3, -0.25) is 4.57 Å². The first-order chi connectivity index (χ1) is 7.35. The Hall–Kier alpha value is 1.20. The average Bonchev–Trinajstić information content (AvgIpc) is 2.10. The van der Waals surface area contributed by atoms with Gasteiger partial charge in [0, 0.05) is 0 Å². The van der Waals surface area contributed by atoms with Crippen LogP contribution in [0.3, 0.4) is 0 Å². The van der Waals surface area contributed by atoms with E-state index in [-0.39, 0.29) is 16.5 Å². The van der Waals surface area contributed by atoms with E-state index in [1.165, 1.54) is 22.6 Å². The van der Waals surface area contributed by atoms with Gasteiger partial charge in [-0.05, 0) is 40.2 Å². The fraction of sp³-hybridized carbons (Fsp3) is 1.00. The molecule has 0 aromatic heterocycles. The first kappa shape index (κ1) is 17.2. The van der Waals surface area contributed by atoms with Crippen LogP contribution >= 0.6 is 40.9 Å². The molecule has 0 spiro atoms. The molecule has 0 bridgehead atoms. The molecule has 0 aliphatic rings. The molecule has 0 aliphatic carbocycles. The van der Waals surface area contributed by atoms with E-state index in [4.69, 9.17) is 9.05 Å². The molecule has 0 N–H and O–H groups in total. The van der Waals surface area contributed by atoms with Crippen molar-refractivity contribution in [2.24, 2.45) is 0 Å². The molecule has 1 unspecified atom stereocenters. The van der Waals surface area contributed by atoms with Crippen LogP contribution in [-0.4, -0.2) is 29.0 Å². The quantitative estimate of drug-likeness (QED) is 0.368. The van der Waals surface area contributed by atoms with Gasteiger partial charge in [-0.25, -0.2) is 0 Å². The van der Waals surface area contributed by atoms with E-state index in [1.54, 1.807) is 10.8 Å². The molecular formula is C9H21O3PS3. The van der Waals surface area contributed by atoms with Crippen LogP contribution in [0.15, 0.2) is 0 Å². The fourth-order valence-corrected chi connectivity index (χ4v) is 8.60. The lowest BCUT2D eigenvalue weighted by molar-refractivity contribution is 0.144. The van der Waals surface area contributed by atoms with Crippen molar-refractivity contribution in [3.63, 3.8) is 0 Å². The van der Waals surface area contributed by atoms with E-state index in [9.17, 15) is 4.57 Å². The summed E-state index contributed by atoms with van der Waals surface area (Å²) >= 11 is 1.51. The zero-order chi connectivity index (χ0) is 12.8. The molecule has 1 atom stereocenters. The van der Waals surface area contributed by atoms with Crippen LogP contribution in [0.2, 0.25) is 0 Å². The maximum atomic E-state index is 12.7. The Labute approximate surface area is 111 Å². The highest BCUT2D eigenvalue weighted by atomic mass is 33.1. The van der Waals surface area contributed by atoms with Crippen LogP contribution in [0.1, 0.15) is 27.7 Å². The summed E-state index contributed by atoms with van der Waals surface area (Å²) in [5.74, 6) is 0. The summed E-state index contributed by atoms with van der Waals surface area (Å²) in [6.45, 7) is 7.49. The third kappa shape index (κ3) is 6.22. The molecule has 16 heavy (non-hydrogen) atoms. The van der Waals surface area contributed by atoms with Gasteiger partial charge in [0.1, 0.15) is 0 Å². The minimum atomic E-state index is -3.05. The summed E-state index contributed by atoms with van der Waals surface area (Å²) in [7, 11) is 0.0596. The molecule has 0 radical (unpaired) electrons. The van der Waals surface area contributed by atoms with Crippen LogP contribution in [0.4, 0.5) is 0 Å². The standard InChI is InChI=1S/C9H21O3PS3/c1-7(2)11-13(10,12-8(3)4)9(14-5)16-15-6/h7-9H,1-6H3. The molecule has 0 saturated carbocycles. The average molecular weight is 304 g/mol. The Kier molecular flexibility index (Phi) is 8.95. The lowest BCUT2D eigenvalue weighted by atomic mass is 10.5. The van der Waals surface area contributed by atoms with Crippen molar-refractivity contribution in [3.8, 4) is 0 Å². The Morgan fingerprint density at radius 1 is 1.00 bits per heavy atom. The summed E-state index contributed by atoms with van der Waals surface area (Å²) in [6, 6.07) is 0. The van der Waals surface area contributed by atoms with Gasteiger partial charge in [0.2, 0.25) is 0 Å². The van der Waals surface area contributed by atoms with Crippen molar-refractivity contribution in [1.29, 1.82) is 0 Å². The van der Waals surface area contributed by atoms with E-state index >= 15 is 0 Å². The molecule has 7 heteroatoms. The second kappa shape index (κ2) is 8.33. The summed E-state index contributed by atoms with van der Waals surface area (Å²) in [6.07, 6.45) is 3.69. The summed E-state index contributed by atoms with van der Waals surface area (Å²) in [5, 5.41) is 0. The Morgan fingerprint density at radius 3 is 1.69 bits per heavy atom. The first-order valence-corrected chi connectivity index (χ1v) is 10.6. The van der Waals surface area contributed by atoms with Crippen molar-refractivity contribution in [1.82, 2.24) is 0 Å². The van der Waals surface area contributed by atoms with Gasteiger partial charge in [-0.15, -0.1) is 11.8 Å². The van der Waals surface area contributed by atoms with Crippen LogP contribution in [0.5, 0.6) is 0 Å². The normalized spacial score (nSPS) is 14.8. The summed E-state index contributed by atoms with van der Waals surface area (Å²) in [4.78, 5) is 0. The van der Waals surface area contributed by atoms with E-state index < -0.39 is 7.60 Å². The molecule has 0 aromatic carbocycles. The topological polar surface area (TPSA) is 35.5 Å². The lowest BCUT2D eigenvalue weighted by Crippen LogP contribution is -2.13. The molecule has 98 valence electrons. The van der Waals surface area contributed by atoms with Crippen LogP contribution in [0.25, 0.3) is 0 Å². The molecule has 0 amide bonds. The number of rotatable bonds is 8. The van der Waals surface area contributed by atoms with Gasteiger partial charge in [0.25, 0.3) is 0 Å². The molecule has 0 heterocycles. The SMILES string of the molecule is CSSC(SC)P(=O)(OC(C)C)OC(C)C. The van der Waals surface area contributed by atoms with Crippen molar-refractivity contribution in [2.45, 2.75) is 44.2 Å². The zero-order valence-electron chi connectivity index (χ0n) is 10.6. The predicted molar refractivity (Wildman–Crippen MR) is 78.5 cm³/mol. The van der Waals surface area contributed by atoms with Gasteiger partial charge < -0.3 is 9.05 Å². The Morgan fingerprint density at radius 2 is 1.44 bits per heavy atom. The van der Waals surface area contributed by atoms with E-state index in [2.05, 4.69) is 0 Å². The second-order valence-corrected chi connectivity index (χ2v) is 10.2. The molecule has 0 fully saturated rings. The Balaban J connectivity index is 4.80. The van der Waals surface area contributed by atoms with Crippen LogP contribution in [-0.2, 0) is 13.6 Å². The predicted octanol–water partition coefficient (Wildman–Crippen LogP) is 4.69. The van der Waals surface area contributed by atoms with Gasteiger partial charge in [-0.2, -0.15) is 0 Å². The number of thioether (sulfide) groups is 1. The second-order valence-electron chi connectivity index (χ2n) is 3.65. The van der Waals surface area contributed by atoms with Crippen molar-refractivity contribution in [2.75, 3.05) is 12.5 Å². The molecule has 0 aromatic rings. The van der Waals surface area contributed by atoms with Gasteiger partial charge in [0.15, 0.2) is 4.32 Å². The molecule has 0 rings (SSSR count). The number of hydrogen-bond donors (Lipinski definition) is 0. The number of hydrogen-bond acceptors (Lipinski definition) is 6. The first-order valence-electron chi connectivity index (χ1n) is 5.04. The smallest absolute Gasteiger partial charge is 0.304 e. The van der Waals surface area contributed by atoms with Crippen molar-refractivity contribution < 1.29 is 13.6 Å². The largest absolute Gasteiger partial charge is 0.354 e. The van der Waals surface area contributed by atoms with E-state index in [1.807, 2.05) is 40.2 Å². The third-order valence-corrected chi connectivity index (χ3v) is 9.37. The maximum absolute atomic E-state index is 12.7. The molecule has 0 saturated heterocycles. The minimum Gasteiger partial charge on any atom is -0.304 e. The van der Waals surface area contributed by atoms with Gasteiger partial charge in [-0.1, -0.05) is 21.6 Å². The fourth-order valence-electron chi connectivity index (χ4n) is 1.02. The van der Waals surface area contributed by atoms with Crippen LogP contribution < -0.4 is 0 Å². The highest BCUT2D eigenvalue weighted by molar-refractivity contribution is 8.79. The maximum Gasteiger partial charge on any atom is 0.354 e.